The average molecular weight is 161 g/mol. The quantitative estimate of drug-likeness (QED) is 0.469. The van der Waals surface area contributed by atoms with Crippen LogP contribution in [-0.2, 0) is 4.79 Å². The minimum absolute atomic E-state index is 0.000602. The lowest BCUT2D eigenvalue weighted by molar-refractivity contribution is -0.141. The first kappa shape index (κ1) is 10.1. The van der Waals surface area contributed by atoms with Gasteiger partial charge >= 0.3 is 5.97 Å². The van der Waals surface area contributed by atoms with Crippen molar-refractivity contribution in [3.05, 3.63) is 12.7 Å². The summed E-state index contributed by atoms with van der Waals surface area (Å²) in [6, 6.07) is -1.12. The van der Waals surface area contributed by atoms with Gasteiger partial charge in [0.1, 0.15) is 6.04 Å². The molecule has 0 saturated heterocycles. The van der Waals surface area contributed by atoms with Gasteiger partial charge < -0.3 is 5.11 Å². The van der Waals surface area contributed by atoms with Crippen LogP contribution in [0.4, 0.5) is 4.48 Å². The fraction of sp³-hybridized carbons (Fsp3) is 0.571. The van der Waals surface area contributed by atoms with Crippen LogP contribution < -0.4 is 5.54 Å². The molecule has 0 aliphatic rings. The molecule has 0 aromatic carbocycles. The number of nitrogens with one attached hydrogen (secondary N) is 1. The molecule has 0 aromatic heterocycles. The maximum atomic E-state index is 11.7. The van der Waals surface area contributed by atoms with Crippen molar-refractivity contribution in [1.82, 2.24) is 5.54 Å². The zero-order valence-corrected chi connectivity index (χ0v) is 6.38. The maximum Gasteiger partial charge on any atom is 0.323 e. The molecular formula is C7H12FNO2. The molecule has 64 valence electrons. The molecule has 0 spiro atoms. The van der Waals surface area contributed by atoms with Crippen LogP contribution in [0.3, 0.4) is 0 Å². The van der Waals surface area contributed by atoms with Crippen molar-refractivity contribution in [2.24, 2.45) is 5.92 Å². The summed E-state index contributed by atoms with van der Waals surface area (Å²) in [5.74, 6) is -1.18. The van der Waals surface area contributed by atoms with Gasteiger partial charge in [0.15, 0.2) is 0 Å². The third-order valence-electron chi connectivity index (χ3n) is 1.44. The Morgan fingerprint density at radius 3 is 2.73 bits per heavy atom. The van der Waals surface area contributed by atoms with Gasteiger partial charge in [-0.15, -0.1) is 16.6 Å². The smallest absolute Gasteiger partial charge is 0.323 e. The Balaban J connectivity index is 3.87. The van der Waals surface area contributed by atoms with E-state index in [1.165, 1.54) is 5.54 Å². The third kappa shape index (κ3) is 3.72. The van der Waals surface area contributed by atoms with Crippen molar-refractivity contribution in [3.8, 4) is 0 Å². The number of hydrogen-bond acceptors (Lipinski definition) is 2. The first-order valence-electron chi connectivity index (χ1n) is 3.33. The summed E-state index contributed by atoms with van der Waals surface area (Å²) < 4.78 is 11.7. The molecule has 0 aliphatic heterocycles. The number of halogens is 1. The molecule has 0 saturated carbocycles. The van der Waals surface area contributed by atoms with E-state index < -0.39 is 12.0 Å². The number of carbonyl (C=O) groups is 1. The summed E-state index contributed by atoms with van der Waals surface area (Å²) >= 11 is 0. The second kappa shape index (κ2) is 4.85. The molecule has 11 heavy (non-hydrogen) atoms. The van der Waals surface area contributed by atoms with E-state index in [0.717, 1.165) is 0 Å². The van der Waals surface area contributed by atoms with Crippen LogP contribution >= 0.6 is 0 Å². The van der Waals surface area contributed by atoms with Crippen LogP contribution in [0, 0.1) is 5.92 Å². The Hall–Kier alpha value is -0.900. The Bertz CT molecular complexity index is 149. The monoisotopic (exact) mass is 161 g/mol. The highest BCUT2D eigenvalue weighted by Gasteiger charge is 2.18. The predicted molar refractivity (Wildman–Crippen MR) is 39.6 cm³/mol. The molecule has 0 aromatic rings. The first-order chi connectivity index (χ1) is 5.11. The molecule has 4 heteroatoms. The van der Waals surface area contributed by atoms with Crippen molar-refractivity contribution in [3.63, 3.8) is 0 Å². The molecule has 0 fully saturated rings. The van der Waals surface area contributed by atoms with Gasteiger partial charge in [-0.25, -0.2) is 0 Å². The minimum atomic E-state index is -1.18. The molecule has 0 radical (unpaired) electrons. The van der Waals surface area contributed by atoms with Gasteiger partial charge in [0, 0.05) is 0 Å². The van der Waals surface area contributed by atoms with E-state index in [9.17, 15) is 9.28 Å². The van der Waals surface area contributed by atoms with Crippen LogP contribution in [0.1, 0.15) is 13.3 Å². The van der Waals surface area contributed by atoms with E-state index in [4.69, 9.17) is 5.11 Å². The van der Waals surface area contributed by atoms with E-state index in [1.807, 2.05) is 0 Å². The lowest BCUT2D eigenvalue weighted by Crippen LogP contribution is -2.32. The molecule has 0 heterocycles. The highest BCUT2D eigenvalue weighted by atomic mass is 19.2. The summed E-state index contributed by atoms with van der Waals surface area (Å²) in [6.45, 7) is 5.24. The van der Waals surface area contributed by atoms with Crippen LogP contribution in [0.5, 0.6) is 0 Å². The van der Waals surface area contributed by atoms with E-state index in [0.29, 0.717) is 0 Å². The van der Waals surface area contributed by atoms with Gasteiger partial charge in [0.2, 0.25) is 0 Å². The lowest BCUT2D eigenvalue weighted by Gasteiger charge is -2.10. The Kier molecular flexibility index (Phi) is 4.45. The zero-order chi connectivity index (χ0) is 8.85. The van der Waals surface area contributed by atoms with Crippen molar-refractivity contribution in [2.45, 2.75) is 19.4 Å². The highest BCUT2D eigenvalue weighted by Crippen LogP contribution is 2.06. The number of carboxylic acid groups (broad SMARTS) is 1. The highest BCUT2D eigenvalue weighted by molar-refractivity contribution is 5.73. The average Bonchev–Trinajstić information content (AvgIpc) is 1.99. The Labute approximate surface area is 64.8 Å². The number of carboxylic acids is 1. The van der Waals surface area contributed by atoms with Crippen molar-refractivity contribution < 1.29 is 14.4 Å². The van der Waals surface area contributed by atoms with Crippen LogP contribution in [0.25, 0.3) is 0 Å². The molecule has 3 nitrogen and oxygen atoms in total. The normalized spacial score (nSPS) is 15.5. The zero-order valence-electron chi connectivity index (χ0n) is 6.38. The van der Waals surface area contributed by atoms with E-state index in [1.54, 1.807) is 13.0 Å². The molecule has 2 N–H and O–H groups in total. The number of hydrogen-bond donors (Lipinski definition) is 2. The third-order valence-corrected chi connectivity index (χ3v) is 1.44. The van der Waals surface area contributed by atoms with Gasteiger partial charge in [-0.2, -0.15) is 0 Å². The van der Waals surface area contributed by atoms with E-state index in [2.05, 4.69) is 6.58 Å². The van der Waals surface area contributed by atoms with Gasteiger partial charge in [-0.3, -0.25) is 4.79 Å². The Morgan fingerprint density at radius 1 is 1.91 bits per heavy atom. The Morgan fingerprint density at radius 2 is 2.45 bits per heavy atom. The maximum absolute atomic E-state index is 11.7. The van der Waals surface area contributed by atoms with Crippen molar-refractivity contribution >= 4 is 5.97 Å². The molecular weight excluding hydrogens is 149 g/mol. The SMILES string of the molecule is C=C[C@H](C)C[C@H](NF)C(=O)O. The summed E-state index contributed by atoms with van der Waals surface area (Å²) in [5, 5.41) is 8.38. The minimum Gasteiger partial charge on any atom is -0.480 e. The van der Waals surface area contributed by atoms with Gasteiger partial charge in [-0.1, -0.05) is 13.0 Å². The second-order valence-electron chi connectivity index (χ2n) is 2.45. The lowest BCUT2D eigenvalue weighted by atomic mass is 10.0. The summed E-state index contributed by atoms with van der Waals surface area (Å²) in [5.41, 5.74) is 1.22. The van der Waals surface area contributed by atoms with Crippen molar-refractivity contribution in [2.75, 3.05) is 0 Å². The molecule has 0 rings (SSSR count). The van der Waals surface area contributed by atoms with Crippen molar-refractivity contribution in [1.29, 1.82) is 0 Å². The van der Waals surface area contributed by atoms with Crippen LogP contribution in [0.2, 0.25) is 0 Å². The van der Waals surface area contributed by atoms with E-state index in [-0.39, 0.29) is 12.3 Å². The molecule has 0 aliphatic carbocycles. The van der Waals surface area contributed by atoms with Gasteiger partial charge in [0.25, 0.3) is 0 Å². The van der Waals surface area contributed by atoms with Gasteiger partial charge in [-0.05, 0) is 12.3 Å². The van der Waals surface area contributed by atoms with Crippen LogP contribution in [0.15, 0.2) is 12.7 Å². The topological polar surface area (TPSA) is 49.3 Å². The van der Waals surface area contributed by atoms with Gasteiger partial charge in [0.05, 0.1) is 0 Å². The van der Waals surface area contributed by atoms with Crippen LogP contribution in [-0.4, -0.2) is 17.1 Å². The summed E-state index contributed by atoms with van der Waals surface area (Å²) in [6.07, 6.45) is 1.81. The first-order valence-corrected chi connectivity index (χ1v) is 3.33. The summed E-state index contributed by atoms with van der Waals surface area (Å²) in [4.78, 5) is 10.2. The number of allylic oxidation sites excluding steroid dienone is 1. The summed E-state index contributed by atoms with van der Waals surface area (Å²) in [7, 11) is 0. The standard InChI is InChI=1S/C7H12FNO2/c1-3-5(2)4-6(9-8)7(10)11/h3,5-6,9H,1,4H2,2H3,(H,10,11)/t5-,6-/m0/s1. The second-order valence-corrected chi connectivity index (χ2v) is 2.45. The molecule has 0 bridgehead atoms. The largest absolute Gasteiger partial charge is 0.480 e. The number of rotatable bonds is 5. The molecule has 0 unspecified atom stereocenters. The molecule has 2 atom stereocenters. The van der Waals surface area contributed by atoms with E-state index >= 15 is 0 Å². The predicted octanol–water partition coefficient (Wildman–Crippen LogP) is 1.13. The number of aliphatic carboxylic acids is 1. The molecule has 0 amide bonds. The fourth-order valence-electron chi connectivity index (χ4n) is 0.660. The fourth-order valence-corrected chi connectivity index (χ4v) is 0.660.